The first-order valence-electron chi connectivity index (χ1n) is 10.2. The third-order valence-electron chi connectivity index (χ3n) is 5.00. The second kappa shape index (κ2) is 10.8. The number of sulfone groups is 1. The number of hydrogen-bond donors (Lipinski definition) is 1. The van der Waals surface area contributed by atoms with E-state index in [0.717, 1.165) is 6.42 Å². The van der Waals surface area contributed by atoms with Gasteiger partial charge < -0.3 is 4.74 Å². The molecule has 1 N–H and O–H groups in total. The Labute approximate surface area is 182 Å². The molecule has 0 saturated carbocycles. The van der Waals surface area contributed by atoms with Gasteiger partial charge in [0, 0.05) is 6.42 Å². The zero-order chi connectivity index (χ0) is 23.1. The number of piperidine rings is 1. The molecule has 6 nitrogen and oxygen atoms in total. The number of benzene rings is 1. The molecule has 0 radical (unpaired) electrons. The number of allylic oxidation sites excluding steroid dienone is 1. The van der Waals surface area contributed by atoms with Crippen molar-refractivity contribution >= 4 is 21.7 Å². The van der Waals surface area contributed by atoms with Gasteiger partial charge in [0.2, 0.25) is 11.8 Å². The average molecular weight is 458 g/mol. The number of alkyl halides is 2. The summed E-state index contributed by atoms with van der Waals surface area (Å²) in [6, 6.07) is 5.63. The Hall–Kier alpha value is -2.29. The number of nitrogens with one attached hydrogen (secondary N) is 1. The summed E-state index contributed by atoms with van der Waals surface area (Å²) in [5, 5.41) is 2.31. The highest BCUT2D eigenvalue weighted by Crippen LogP contribution is 2.29. The Bertz CT molecular complexity index is 912. The minimum absolute atomic E-state index is 0.0464. The number of halogens is 2. The number of amides is 2. The van der Waals surface area contributed by atoms with Crippen LogP contribution in [0.3, 0.4) is 0 Å². The maximum atomic E-state index is 12.8. The molecule has 1 atom stereocenters. The molecule has 0 aromatic heterocycles. The Morgan fingerprint density at radius 2 is 2.03 bits per heavy atom. The lowest BCUT2D eigenvalue weighted by Gasteiger charge is -2.24. The molecule has 0 spiro atoms. The van der Waals surface area contributed by atoms with E-state index < -0.39 is 28.3 Å². The summed E-state index contributed by atoms with van der Waals surface area (Å²) in [6.45, 7) is 2.94. The fraction of sp³-hybridized carbons (Fsp3) is 0.545. The predicted molar refractivity (Wildman–Crippen MR) is 113 cm³/mol. The molecule has 1 fully saturated rings. The van der Waals surface area contributed by atoms with Crippen LogP contribution in [0.4, 0.5) is 8.78 Å². The van der Waals surface area contributed by atoms with Gasteiger partial charge in [0.15, 0.2) is 9.84 Å². The van der Waals surface area contributed by atoms with Crippen molar-refractivity contribution in [1.82, 2.24) is 5.32 Å². The number of carbonyl (C=O) groups excluding carboxylic acids is 2. The van der Waals surface area contributed by atoms with E-state index in [2.05, 4.69) is 5.32 Å². The largest absolute Gasteiger partial charge is 0.488 e. The topological polar surface area (TPSA) is 89.5 Å². The highest BCUT2D eigenvalue weighted by atomic mass is 32.2. The maximum Gasteiger partial charge on any atom is 0.272 e. The van der Waals surface area contributed by atoms with Gasteiger partial charge in [0.05, 0.1) is 16.6 Å². The van der Waals surface area contributed by atoms with Gasteiger partial charge >= 0.3 is 0 Å². The highest BCUT2D eigenvalue weighted by molar-refractivity contribution is 7.91. The number of hydrogen-bond acceptors (Lipinski definition) is 5. The molecule has 1 heterocycles. The van der Waals surface area contributed by atoms with Gasteiger partial charge in [-0.2, -0.15) is 0 Å². The summed E-state index contributed by atoms with van der Waals surface area (Å²) >= 11 is 0. The minimum atomic E-state index is -3.62. The highest BCUT2D eigenvalue weighted by Gasteiger charge is 2.28. The van der Waals surface area contributed by atoms with Crippen molar-refractivity contribution in [2.75, 3.05) is 12.4 Å². The van der Waals surface area contributed by atoms with Gasteiger partial charge in [-0.05, 0) is 49.3 Å². The van der Waals surface area contributed by atoms with Gasteiger partial charge in [0.1, 0.15) is 12.4 Å². The number of carbonyl (C=O) groups is 2. The zero-order valence-electron chi connectivity index (χ0n) is 17.8. The first-order chi connectivity index (χ1) is 14.5. The van der Waals surface area contributed by atoms with E-state index in [1.807, 2.05) is 19.9 Å². The van der Waals surface area contributed by atoms with E-state index in [9.17, 15) is 26.8 Å². The number of rotatable bonds is 11. The molecule has 9 heteroatoms. The van der Waals surface area contributed by atoms with Crippen LogP contribution in [-0.4, -0.2) is 39.0 Å². The van der Waals surface area contributed by atoms with E-state index in [4.69, 9.17) is 4.74 Å². The molecule has 31 heavy (non-hydrogen) atoms. The van der Waals surface area contributed by atoms with Crippen molar-refractivity contribution in [3.05, 3.63) is 36.4 Å². The van der Waals surface area contributed by atoms with Crippen molar-refractivity contribution in [2.24, 2.45) is 11.3 Å². The smallest absolute Gasteiger partial charge is 0.272 e. The number of imide groups is 1. The monoisotopic (exact) mass is 457 g/mol. The van der Waals surface area contributed by atoms with Crippen LogP contribution >= 0.6 is 0 Å². The van der Waals surface area contributed by atoms with E-state index in [0.29, 0.717) is 25.7 Å². The van der Waals surface area contributed by atoms with Gasteiger partial charge in [-0.3, -0.25) is 14.9 Å². The van der Waals surface area contributed by atoms with E-state index >= 15 is 0 Å². The van der Waals surface area contributed by atoms with Crippen LogP contribution in [0, 0.1) is 11.3 Å². The van der Waals surface area contributed by atoms with Gasteiger partial charge in [-0.25, -0.2) is 17.2 Å². The van der Waals surface area contributed by atoms with Crippen LogP contribution in [0.1, 0.15) is 46.0 Å². The lowest BCUT2D eigenvalue weighted by atomic mass is 9.89. The fourth-order valence-electron chi connectivity index (χ4n) is 3.44. The van der Waals surface area contributed by atoms with Crippen molar-refractivity contribution in [3.63, 3.8) is 0 Å². The minimum Gasteiger partial charge on any atom is -0.488 e. The molecule has 1 saturated heterocycles. The number of unbranched alkanes of at least 4 members (excludes halogenated alkanes) is 1. The first kappa shape index (κ1) is 25.0. The standard InChI is InChI=1S/C22H29F2NO5S/c1-22(2,12-5-3-4-7-16-10-11-20(26)25-21(16)27)15-31(28,29)18-9-6-8-17(13-18)30-14-19(23)24/h4,6-9,13,16,19H,3,5,10-12,14-15H2,1-2H3,(H,25,26,27)/b7-4+. The Balaban J connectivity index is 1.86. The normalized spacial score (nSPS) is 17.9. The summed E-state index contributed by atoms with van der Waals surface area (Å²) in [4.78, 5) is 22.9. The van der Waals surface area contributed by atoms with Gasteiger partial charge in [-0.1, -0.05) is 32.1 Å². The number of ether oxygens (including phenoxy) is 1. The SMILES string of the molecule is CC(C)(CCC/C=C/C1CCC(=O)NC1=O)CS(=O)(=O)c1cccc(OCC(F)F)c1. The Morgan fingerprint density at radius 1 is 1.29 bits per heavy atom. The molecule has 2 rings (SSSR count). The van der Waals surface area contributed by atoms with Crippen LogP contribution < -0.4 is 10.1 Å². The molecule has 1 aromatic carbocycles. The average Bonchev–Trinajstić information content (AvgIpc) is 2.67. The first-order valence-corrected chi connectivity index (χ1v) is 11.9. The van der Waals surface area contributed by atoms with Crippen LogP contribution in [0.25, 0.3) is 0 Å². The Morgan fingerprint density at radius 3 is 2.71 bits per heavy atom. The van der Waals surface area contributed by atoms with Crippen molar-refractivity contribution in [1.29, 1.82) is 0 Å². The third-order valence-corrected chi connectivity index (χ3v) is 7.13. The van der Waals surface area contributed by atoms with Crippen LogP contribution in [0.2, 0.25) is 0 Å². The molecule has 1 aliphatic heterocycles. The summed E-state index contributed by atoms with van der Waals surface area (Å²) in [7, 11) is -3.62. The molecular formula is C22H29F2NO5S. The summed E-state index contributed by atoms with van der Waals surface area (Å²) in [5.41, 5.74) is -0.499. The maximum absolute atomic E-state index is 12.8. The molecule has 1 unspecified atom stereocenters. The zero-order valence-corrected chi connectivity index (χ0v) is 18.6. The van der Waals surface area contributed by atoms with Crippen LogP contribution in [0.15, 0.2) is 41.3 Å². The molecule has 2 amide bonds. The second-order valence-corrected chi connectivity index (χ2v) is 10.5. The van der Waals surface area contributed by atoms with Crippen molar-refractivity contribution < 1.29 is 31.5 Å². The second-order valence-electron chi connectivity index (χ2n) is 8.48. The van der Waals surface area contributed by atoms with Crippen molar-refractivity contribution in [3.8, 4) is 5.75 Å². The summed E-state index contributed by atoms with van der Waals surface area (Å²) in [5.74, 6) is -0.819. The molecule has 1 aromatic rings. The lowest BCUT2D eigenvalue weighted by Crippen LogP contribution is -2.39. The molecular weight excluding hydrogens is 428 g/mol. The van der Waals surface area contributed by atoms with Crippen molar-refractivity contribution in [2.45, 2.75) is 57.3 Å². The molecule has 172 valence electrons. The van der Waals surface area contributed by atoms with Crippen LogP contribution in [-0.2, 0) is 19.4 Å². The predicted octanol–water partition coefficient (Wildman–Crippen LogP) is 3.91. The third kappa shape index (κ3) is 8.40. The summed E-state index contributed by atoms with van der Waals surface area (Å²) < 4.78 is 55.2. The van der Waals surface area contributed by atoms with E-state index in [1.165, 1.54) is 24.3 Å². The lowest BCUT2D eigenvalue weighted by molar-refractivity contribution is -0.135. The Kier molecular flexibility index (Phi) is 8.73. The van der Waals surface area contributed by atoms with E-state index in [1.54, 1.807) is 6.08 Å². The van der Waals surface area contributed by atoms with E-state index in [-0.39, 0.29) is 34.1 Å². The summed E-state index contributed by atoms with van der Waals surface area (Å²) in [6.07, 6.45) is 3.98. The van der Waals surface area contributed by atoms with Gasteiger partial charge in [0.25, 0.3) is 6.43 Å². The van der Waals surface area contributed by atoms with Gasteiger partial charge in [-0.15, -0.1) is 0 Å². The van der Waals surface area contributed by atoms with Crippen LogP contribution in [0.5, 0.6) is 5.75 Å². The molecule has 0 bridgehead atoms. The fourth-order valence-corrected chi connectivity index (χ4v) is 5.36. The quantitative estimate of drug-likeness (QED) is 0.309. The molecule has 1 aliphatic rings. The molecule has 0 aliphatic carbocycles.